The highest BCUT2D eigenvalue weighted by Crippen LogP contribution is 2.10. The fourth-order valence-electron chi connectivity index (χ4n) is 2.28. The number of rotatable bonds is 4. The topological polar surface area (TPSA) is 46.0 Å². The molecule has 1 aliphatic heterocycles. The van der Waals surface area contributed by atoms with E-state index in [0.717, 1.165) is 12.4 Å². The van der Waals surface area contributed by atoms with Crippen molar-refractivity contribution in [2.24, 2.45) is 0 Å². The van der Waals surface area contributed by atoms with Crippen molar-refractivity contribution in [3.05, 3.63) is 12.2 Å². The van der Waals surface area contributed by atoms with E-state index in [1.54, 1.807) is 6.33 Å². The summed E-state index contributed by atoms with van der Waals surface area (Å²) in [5.41, 5.74) is 0. The Morgan fingerprint density at radius 2 is 2.12 bits per heavy atom. The second-order valence-electron chi connectivity index (χ2n) is 5.17. The highest BCUT2D eigenvalue weighted by atomic mass is 15.4. The van der Waals surface area contributed by atoms with Crippen LogP contribution in [-0.4, -0.2) is 45.8 Å². The zero-order valence-corrected chi connectivity index (χ0v) is 11.1. The van der Waals surface area contributed by atoms with Crippen molar-refractivity contribution in [2.45, 2.75) is 45.3 Å². The van der Waals surface area contributed by atoms with Gasteiger partial charge in [-0.2, -0.15) is 5.10 Å². The molecule has 2 rings (SSSR count). The molecule has 0 aliphatic carbocycles. The highest BCUT2D eigenvalue weighted by molar-refractivity contribution is 4.87. The number of hydrogen-bond acceptors (Lipinski definition) is 4. The fourth-order valence-corrected chi connectivity index (χ4v) is 2.28. The van der Waals surface area contributed by atoms with Gasteiger partial charge in [0, 0.05) is 12.1 Å². The van der Waals surface area contributed by atoms with Gasteiger partial charge in [0.05, 0.1) is 6.54 Å². The molecular formula is C12H23N5. The van der Waals surface area contributed by atoms with Gasteiger partial charge in [-0.05, 0) is 46.8 Å². The zero-order chi connectivity index (χ0) is 12.3. The van der Waals surface area contributed by atoms with Crippen LogP contribution in [0.25, 0.3) is 0 Å². The molecule has 1 N–H and O–H groups in total. The lowest BCUT2D eigenvalue weighted by Gasteiger charge is -2.29. The smallest absolute Gasteiger partial charge is 0.141 e. The predicted molar refractivity (Wildman–Crippen MR) is 67.8 cm³/mol. The molecule has 0 amide bonds. The minimum absolute atomic E-state index is 0.381. The summed E-state index contributed by atoms with van der Waals surface area (Å²) in [6.45, 7) is 7.47. The van der Waals surface area contributed by atoms with Crippen LogP contribution in [0.15, 0.2) is 6.33 Å². The third-order valence-corrected chi connectivity index (χ3v) is 3.40. The Morgan fingerprint density at radius 3 is 2.76 bits per heavy atom. The normalized spacial score (nSPS) is 19.1. The summed E-state index contributed by atoms with van der Waals surface area (Å²) in [5, 5.41) is 7.84. The maximum atomic E-state index is 4.32. The van der Waals surface area contributed by atoms with Crippen molar-refractivity contribution >= 4 is 0 Å². The molecule has 1 aliphatic rings. The van der Waals surface area contributed by atoms with Gasteiger partial charge >= 0.3 is 0 Å². The van der Waals surface area contributed by atoms with Crippen molar-refractivity contribution < 1.29 is 0 Å². The minimum Gasteiger partial charge on any atom is -0.307 e. The summed E-state index contributed by atoms with van der Waals surface area (Å²) >= 11 is 0. The summed E-state index contributed by atoms with van der Waals surface area (Å²) in [4.78, 5) is 6.70. The Balaban J connectivity index is 1.83. The van der Waals surface area contributed by atoms with E-state index in [0.29, 0.717) is 12.1 Å². The highest BCUT2D eigenvalue weighted by Gasteiger charge is 2.17. The molecule has 0 radical (unpaired) electrons. The van der Waals surface area contributed by atoms with Gasteiger partial charge < -0.3 is 10.2 Å². The second-order valence-corrected chi connectivity index (χ2v) is 5.17. The Kier molecular flexibility index (Phi) is 4.12. The van der Waals surface area contributed by atoms with E-state index in [1.165, 1.54) is 25.9 Å². The third-order valence-electron chi connectivity index (χ3n) is 3.40. The van der Waals surface area contributed by atoms with Gasteiger partial charge in [0.15, 0.2) is 0 Å². The SMILES string of the molecule is CC(C)n1ncnc1CNC1CCN(C)CC1. The first-order chi connectivity index (χ1) is 8.16. The first-order valence-electron chi connectivity index (χ1n) is 6.47. The summed E-state index contributed by atoms with van der Waals surface area (Å²) in [5.74, 6) is 1.04. The number of likely N-dealkylation sites (tertiary alicyclic amines) is 1. The van der Waals surface area contributed by atoms with Crippen molar-refractivity contribution in [3.8, 4) is 0 Å². The van der Waals surface area contributed by atoms with Crippen LogP contribution in [0.2, 0.25) is 0 Å². The van der Waals surface area contributed by atoms with E-state index in [-0.39, 0.29) is 0 Å². The largest absolute Gasteiger partial charge is 0.307 e. The summed E-state index contributed by atoms with van der Waals surface area (Å²) in [6, 6.07) is 1.01. The lowest BCUT2D eigenvalue weighted by Crippen LogP contribution is -2.40. The van der Waals surface area contributed by atoms with Crippen molar-refractivity contribution in [2.75, 3.05) is 20.1 Å². The van der Waals surface area contributed by atoms with Crippen LogP contribution in [0.4, 0.5) is 0 Å². The Morgan fingerprint density at radius 1 is 1.41 bits per heavy atom. The molecule has 5 nitrogen and oxygen atoms in total. The van der Waals surface area contributed by atoms with E-state index in [1.807, 2.05) is 4.68 Å². The summed E-state index contributed by atoms with van der Waals surface area (Å²) < 4.78 is 1.99. The molecule has 0 unspecified atom stereocenters. The quantitative estimate of drug-likeness (QED) is 0.850. The summed E-state index contributed by atoms with van der Waals surface area (Å²) in [7, 11) is 2.19. The molecule has 0 bridgehead atoms. The molecule has 96 valence electrons. The molecule has 2 heterocycles. The Hall–Kier alpha value is -0.940. The molecule has 17 heavy (non-hydrogen) atoms. The molecular weight excluding hydrogens is 214 g/mol. The fraction of sp³-hybridized carbons (Fsp3) is 0.833. The Labute approximate surface area is 103 Å². The first-order valence-corrected chi connectivity index (χ1v) is 6.47. The van der Waals surface area contributed by atoms with E-state index < -0.39 is 0 Å². The lowest BCUT2D eigenvalue weighted by molar-refractivity contribution is 0.232. The van der Waals surface area contributed by atoms with Crippen molar-refractivity contribution in [1.82, 2.24) is 25.0 Å². The number of piperidine rings is 1. The predicted octanol–water partition coefficient (Wildman–Crippen LogP) is 1.04. The standard InChI is InChI=1S/C12H23N5/c1-10(2)17-12(14-9-15-17)8-13-11-4-6-16(3)7-5-11/h9-11,13H,4-8H2,1-3H3. The van der Waals surface area contributed by atoms with E-state index in [9.17, 15) is 0 Å². The maximum Gasteiger partial charge on any atom is 0.141 e. The molecule has 1 fully saturated rings. The molecule has 0 saturated carbocycles. The van der Waals surface area contributed by atoms with Crippen LogP contribution in [0, 0.1) is 0 Å². The van der Waals surface area contributed by atoms with Gasteiger partial charge in [0.1, 0.15) is 12.2 Å². The van der Waals surface area contributed by atoms with Crippen LogP contribution < -0.4 is 5.32 Å². The minimum atomic E-state index is 0.381. The lowest BCUT2D eigenvalue weighted by atomic mass is 10.1. The van der Waals surface area contributed by atoms with Gasteiger partial charge in [-0.1, -0.05) is 0 Å². The third kappa shape index (κ3) is 3.26. The zero-order valence-electron chi connectivity index (χ0n) is 11.1. The molecule has 0 atom stereocenters. The summed E-state index contributed by atoms with van der Waals surface area (Å²) in [6.07, 6.45) is 4.10. The van der Waals surface area contributed by atoms with Crippen molar-refractivity contribution in [3.63, 3.8) is 0 Å². The van der Waals surface area contributed by atoms with Gasteiger partial charge in [-0.25, -0.2) is 9.67 Å². The first kappa shape index (κ1) is 12.5. The molecule has 0 spiro atoms. The number of nitrogens with one attached hydrogen (secondary N) is 1. The molecule has 1 aromatic rings. The van der Waals surface area contributed by atoms with Crippen LogP contribution in [0.5, 0.6) is 0 Å². The Bertz CT molecular complexity index is 338. The monoisotopic (exact) mass is 237 g/mol. The van der Waals surface area contributed by atoms with Gasteiger partial charge in [0.25, 0.3) is 0 Å². The second kappa shape index (κ2) is 5.60. The molecule has 0 aromatic carbocycles. The number of hydrogen-bond donors (Lipinski definition) is 1. The molecule has 1 saturated heterocycles. The molecule has 5 heteroatoms. The van der Waals surface area contributed by atoms with Gasteiger partial charge in [0.2, 0.25) is 0 Å². The molecule has 1 aromatic heterocycles. The average molecular weight is 237 g/mol. The van der Waals surface area contributed by atoms with Crippen LogP contribution >= 0.6 is 0 Å². The van der Waals surface area contributed by atoms with E-state index in [4.69, 9.17) is 0 Å². The van der Waals surface area contributed by atoms with E-state index in [2.05, 4.69) is 41.2 Å². The van der Waals surface area contributed by atoms with E-state index >= 15 is 0 Å². The maximum absolute atomic E-state index is 4.32. The van der Waals surface area contributed by atoms with Crippen LogP contribution in [-0.2, 0) is 6.54 Å². The number of nitrogens with zero attached hydrogens (tertiary/aromatic N) is 4. The van der Waals surface area contributed by atoms with Crippen molar-refractivity contribution in [1.29, 1.82) is 0 Å². The average Bonchev–Trinajstić information content (AvgIpc) is 2.76. The van der Waals surface area contributed by atoms with Gasteiger partial charge in [-0.3, -0.25) is 0 Å². The number of aromatic nitrogens is 3. The van der Waals surface area contributed by atoms with Crippen LogP contribution in [0.3, 0.4) is 0 Å². The van der Waals surface area contributed by atoms with Gasteiger partial charge in [-0.15, -0.1) is 0 Å². The van der Waals surface area contributed by atoms with Crippen LogP contribution in [0.1, 0.15) is 38.6 Å².